The summed E-state index contributed by atoms with van der Waals surface area (Å²) in [6.07, 6.45) is 1.73. The van der Waals surface area contributed by atoms with E-state index in [-0.39, 0.29) is 17.9 Å². The van der Waals surface area contributed by atoms with E-state index in [1.54, 1.807) is 20.0 Å². The maximum Gasteiger partial charge on any atom is 0.272 e. The van der Waals surface area contributed by atoms with Crippen molar-refractivity contribution in [1.29, 1.82) is 0 Å². The van der Waals surface area contributed by atoms with Crippen molar-refractivity contribution < 1.29 is 14.4 Å². The minimum atomic E-state index is -0.523. The van der Waals surface area contributed by atoms with Crippen LogP contribution in [0.25, 0.3) is 0 Å². The SMILES string of the molecule is [B]C(=O)N(C)[C@H](/C=C(\C)C(=O)N(C)OC)C(C)C. The van der Waals surface area contributed by atoms with Gasteiger partial charge < -0.3 is 4.90 Å². The molecule has 0 saturated carbocycles. The minimum absolute atomic E-state index is 0.151. The van der Waals surface area contributed by atoms with Crippen LogP contribution in [0.5, 0.6) is 0 Å². The highest BCUT2D eigenvalue weighted by atomic mass is 16.7. The third-order valence-corrected chi connectivity index (χ3v) is 2.80. The van der Waals surface area contributed by atoms with Crippen LogP contribution in [0.3, 0.4) is 0 Å². The minimum Gasteiger partial charge on any atom is -0.349 e. The lowest BCUT2D eigenvalue weighted by atomic mass is 9.97. The average molecular weight is 252 g/mol. The van der Waals surface area contributed by atoms with E-state index in [2.05, 4.69) is 0 Å². The highest BCUT2D eigenvalue weighted by molar-refractivity contribution is 6.56. The number of rotatable bonds is 5. The Morgan fingerprint density at radius 2 is 1.78 bits per heavy atom. The van der Waals surface area contributed by atoms with Crippen molar-refractivity contribution in [3.8, 4) is 0 Å². The van der Waals surface area contributed by atoms with Crippen LogP contribution in [0.1, 0.15) is 20.8 Å². The third-order valence-electron chi connectivity index (χ3n) is 2.80. The Kier molecular flexibility index (Phi) is 6.69. The molecule has 0 aliphatic heterocycles. The lowest BCUT2D eigenvalue weighted by Crippen LogP contribution is -2.39. The predicted octanol–water partition coefficient (Wildman–Crippen LogP) is 1.20. The summed E-state index contributed by atoms with van der Waals surface area (Å²) in [6.45, 7) is 5.60. The van der Waals surface area contributed by atoms with E-state index in [1.807, 2.05) is 13.8 Å². The highest BCUT2D eigenvalue weighted by Gasteiger charge is 2.20. The van der Waals surface area contributed by atoms with Crippen molar-refractivity contribution >= 4 is 19.6 Å². The van der Waals surface area contributed by atoms with Gasteiger partial charge in [-0.3, -0.25) is 14.4 Å². The fourth-order valence-electron chi connectivity index (χ4n) is 1.56. The molecule has 0 fully saturated rings. The van der Waals surface area contributed by atoms with Crippen LogP contribution in [0.4, 0.5) is 4.79 Å². The van der Waals surface area contributed by atoms with Crippen molar-refractivity contribution in [2.24, 2.45) is 5.92 Å². The van der Waals surface area contributed by atoms with Gasteiger partial charge in [0.15, 0.2) is 5.81 Å². The molecule has 1 atom stereocenters. The molecule has 0 heterocycles. The van der Waals surface area contributed by atoms with Crippen molar-refractivity contribution in [3.63, 3.8) is 0 Å². The molecule has 0 aromatic heterocycles. The molecule has 0 unspecified atom stereocenters. The summed E-state index contributed by atoms with van der Waals surface area (Å²) in [5.41, 5.74) is 0.506. The van der Waals surface area contributed by atoms with Crippen LogP contribution in [0, 0.1) is 5.92 Å². The van der Waals surface area contributed by atoms with Gasteiger partial charge >= 0.3 is 0 Å². The quantitative estimate of drug-likeness (QED) is 0.419. The van der Waals surface area contributed by atoms with Crippen LogP contribution in [0.2, 0.25) is 0 Å². The van der Waals surface area contributed by atoms with Gasteiger partial charge in [0.05, 0.1) is 13.2 Å². The molecule has 100 valence electrons. The Balaban J connectivity index is 5.07. The maximum absolute atomic E-state index is 11.8. The summed E-state index contributed by atoms with van der Waals surface area (Å²) >= 11 is 0. The van der Waals surface area contributed by atoms with E-state index >= 15 is 0 Å². The smallest absolute Gasteiger partial charge is 0.272 e. The number of amides is 2. The fourth-order valence-corrected chi connectivity index (χ4v) is 1.56. The molecule has 2 amide bonds. The lowest BCUT2D eigenvalue weighted by molar-refractivity contribution is -0.163. The summed E-state index contributed by atoms with van der Waals surface area (Å²) in [5, 5.41) is 1.13. The molecule has 6 heteroatoms. The summed E-state index contributed by atoms with van der Waals surface area (Å²) < 4.78 is 0. The van der Waals surface area contributed by atoms with Crippen LogP contribution in [0.15, 0.2) is 11.6 Å². The van der Waals surface area contributed by atoms with Gasteiger partial charge in [-0.2, -0.15) is 0 Å². The van der Waals surface area contributed by atoms with Crippen molar-refractivity contribution in [3.05, 3.63) is 11.6 Å². The van der Waals surface area contributed by atoms with E-state index in [4.69, 9.17) is 12.7 Å². The Morgan fingerprint density at radius 1 is 1.28 bits per heavy atom. The molecule has 5 nitrogen and oxygen atoms in total. The van der Waals surface area contributed by atoms with Gasteiger partial charge in [-0.15, -0.1) is 0 Å². The summed E-state index contributed by atoms with van der Waals surface area (Å²) in [6, 6.07) is -0.225. The first-order valence-corrected chi connectivity index (χ1v) is 5.75. The molecule has 0 spiro atoms. The van der Waals surface area contributed by atoms with Crippen LogP contribution >= 0.6 is 0 Å². The number of likely N-dealkylation sites (N-methyl/N-ethyl adjacent to an activating group) is 2. The average Bonchev–Trinajstić information content (AvgIpc) is 2.32. The first-order valence-electron chi connectivity index (χ1n) is 5.75. The number of carbonyl (C=O) groups excluding carboxylic acids is 2. The second-order valence-corrected chi connectivity index (χ2v) is 4.52. The molecule has 0 rings (SSSR count). The maximum atomic E-state index is 11.8. The monoisotopic (exact) mass is 252 g/mol. The zero-order chi connectivity index (χ0) is 14.5. The van der Waals surface area contributed by atoms with Gasteiger partial charge in [0.2, 0.25) is 7.85 Å². The van der Waals surface area contributed by atoms with E-state index in [9.17, 15) is 9.59 Å². The Labute approximate surface area is 110 Å². The van der Waals surface area contributed by atoms with Gasteiger partial charge in [0.25, 0.3) is 5.91 Å². The van der Waals surface area contributed by atoms with E-state index in [0.29, 0.717) is 5.57 Å². The van der Waals surface area contributed by atoms with Gasteiger partial charge in [0, 0.05) is 19.7 Å². The number of carbonyl (C=O) groups is 2. The van der Waals surface area contributed by atoms with Crippen LogP contribution in [-0.2, 0) is 9.63 Å². The molecular formula is C12H21BN2O3. The van der Waals surface area contributed by atoms with Gasteiger partial charge in [-0.25, -0.2) is 5.06 Å². The number of hydrogen-bond donors (Lipinski definition) is 0. The highest BCUT2D eigenvalue weighted by Crippen LogP contribution is 2.14. The Hall–Kier alpha value is -1.30. The van der Waals surface area contributed by atoms with Crippen LogP contribution < -0.4 is 0 Å². The topological polar surface area (TPSA) is 49.9 Å². The third kappa shape index (κ3) is 4.53. The largest absolute Gasteiger partial charge is 0.349 e. The van der Waals surface area contributed by atoms with Gasteiger partial charge in [-0.05, 0) is 12.8 Å². The molecular weight excluding hydrogens is 231 g/mol. The van der Waals surface area contributed by atoms with Crippen LogP contribution in [-0.4, -0.2) is 56.8 Å². The molecule has 0 bridgehead atoms. The molecule has 18 heavy (non-hydrogen) atoms. The first kappa shape index (κ1) is 16.7. The predicted molar refractivity (Wildman–Crippen MR) is 71.1 cm³/mol. The zero-order valence-electron chi connectivity index (χ0n) is 11.9. The first-order chi connectivity index (χ1) is 8.22. The zero-order valence-corrected chi connectivity index (χ0v) is 11.9. The molecule has 0 saturated heterocycles. The summed E-state index contributed by atoms with van der Waals surface area (Å²) in [7, 11) is 9.81. The standard InChI is InChI=1S/C12H21BN2O3/c1-8(2)10(14(4)12(13)17)7-9(3)11(16)15(5)18-6/h7-8,10H,1-6H3/b9-7+/t10-/m1/s1. The molecule has 0 aliphatic carbocycles. The van der Waals surface area contributed by atoms with E-state index < -0.39 is 5.81 Å². The van der Waals surface area contributed by atoms with Crippen molar-refractivity contribution in [2.75, 3.05) is 21.2 Å². The normalized spacial score (nSPS) is 13.4. The van der Waals surface area contributed by atoms with E-state index in [0.717, 1.165) is 5.06 Å². The second-order valence-electron chi connectivity index (χ2n) is 4.52. The number of nitrogens with zero attached hydrogens (tertiary/aromatic N) is 2. The van der Waals surface area contributed by atoms with Crippen molar-refractivity contribution in [2.45, 2.75) is 26.8 Å². The molecule has 0 N–H and O–H groups in total. The summed E-state index contributed by atoms with van der Waals surface area (Å²) in [5.74, 6) is -0.621. The number of hydrogen-bond acceptors (Lipinski definition) is 3. The second kappa shape index (κ2) is 7.21. The fraction of sp³-hybridized carbons (Fsp3) is 0.667. The molecule has 0 aliphatic rings. The lowest BCUT2D eigenvalue weighted by Gasteiger charge is -2.29. The van der Waals surface area contributed by atoms with Crippen molar-refractivity contribution in [1.82, 2.24) is 9.96 Å². The summed E-state index contributed by atoms with van der Waals surface area (Å²) in [4.78, 5) is 29.2. The van der Waals surface area contributed by atoms with Gasteiger partial charge in [-0.1, -0.05) is 19.9 Å². The molecule has 2 radical (unpaired) electrons. The molecule has 0 aromatic rings. The Bertz CT molecular complexity index is 342. The van der Waals surface area contributed by atoms with Gasteiger partial charge in [0.1, 0.15) is 0 Å². The number of hydroxylamine groups is 2. The van der Waals surface area contributed by atoms with E-state index in [1.165, 1.54) is 19.1 Å². The molecule has 0 aromatic carbocycles. The Morgan fingerprint density at radius 3 is 2.11 bits per heavy atom.